The molecule has 2 aromatic rings. The standard InChI is InChI=1S/C18H18F3NO4/c1-11-14(17(23)24)9-15(22(11)10-12-5-4-8-25-12)13-6-2-3-7-16(13)26-18(19,20)21/h2-3,6-7,9,12H,4-5,8,10H2,1H3,(H,23,24). The summed E-state index contributed by atoms with van der Waals surface area (Å²) in [7, 11) is 0. The number of rotatable bonds is 5. The van der Waals surface area contributed by atoms with Crippen molar-refractivity contribution in [3.8, 4) is 17.0 Å². The lowest BCUT2D eigenvalue weighted by atomic mass is 10.1. The molecule has 0 bridgehead atoms. The Morgan fingerprint density at radius 2 is 2.12 bits per heavy atom. The summed E-state index contributed by atoms with van der Waals surface area (Å²) in [5.41, 5.74) is 1.04. The van der Waals surface area contributed by atoms with Crippen LogP contribution in [0.1, 0.15) is 28.9 Å². The highest BCUT2D eigenvalue weighted by molar-refractivity contribution is 5.91. The van der Waals surface area contributed by atoms with Crippen molar-refractivity contribution in [3.63, 3.8) is 0 Å². The third-order valence-corrected chi connectivity index (χ3v) is 4.40. The second-order valence-corrected chi connectivity index (χ2v) is 6.12. The summed E-state index contributed by atoms with van der Waals surface area (Å²) >= 11 is 0. The molecule has 1 unspecified atom stereocenters. The SMILES string of the molecule is Cc1c(C(=O)O)cc(-c2ccccc2OC(F)(F)F)n1CC1CCCO1. The lowest BCUT2D eigenvalue weighted by Crippen LogP contribution is -2.19. The van der Waals surface area contributed by atoms with Crippen LogP contribution in [0.2, 0.25) is 0 Å². The maximum absolute atomic E-state index is 12.7. The van der Waals surface area contributed by atoms with Crippen molar-refractivity contribution in [2.24, 2.45) is 0 Å². The van der Waals surface area contributed by atoms with Gasteiger partial charge in [-0.1, -0.05) is 12.1 Å². The van der Waals surface area contributed by atoms with Gasteiger partial charge in [0.15, 0.2) is 0 Å². The van der Waals surface area contributed by atoms with Gasteiger partial charge in [-0.15, -0.1) is 13.2 Å². The third kappa shape index (κ3) is 3.85. The molecule has 1 aliphatic heterocycles. The molecule has 1 aromatic heterocycles. The van der Waals surface area contributed by atoms with Crippen LogP contribution in [0.15, 0.2) is 30.3 Å². The van der Waals surface area contributed by atoms with E-state index in [1.807, 2.05) is 0 Å². The molecule has 1 N–H and O–H groups in total. The number of carboxylic acids is 1. The Hall–Kier alpha value is -2.48. The van der Waals surface area contributed by atoms with Crippen LogP contribution in [0.25, 0.3) is 11.3 Å². The number of nitrogens with zero attached hydrogens (tertiary/aromatic N) is 1. The molecular weight excluding hydrogens is 351 g/mol. The fourth-order valence-electron chi connectivity index (χ4n) is 3.20. The molecule has 140 valence electrons. The van der Waals surface area contributed by atoms with Crippen molar-refractivity contribution < 1.29 is 32.5 Å². The molecule has 0 amide bonds. The maximum Gasteiger partial charge on any atom is 0.573 e. The Labute approximate surface area is 148 Å². The number of aromatic carboxylic acids is 1. The molecule has 1 aromatic carbocycles. The molecule has 26 heavy (non-hydrogen) atoms. The molecule has 1 fully saturated rings. The highest BCUT2D eigenvalue weighted by atomic mass is 19.4. The summed E-state index contributed by atoms with van der Waals surface area (Å²) in [5, 5.41) is 9.41. The fourth-order valence-corrected chi connectivity index (χ4v) is 3.20. The number of alkyl halides is 3. The smallest absolute Gasteiger partial charge is 0.478 e. The number of benzene rings is 1. The number of halogens is 3. The lowest BCUT2D eigenvalue weighted by molar-refractivity contribution is -0.274. The van der Waals surface area contributed by atoms with Crippen LogP contribution >= 0.6 is 0 Å². The topological polar surface area (TPSA) is 60.7 Å². The van der Waals surface area contributed by atoms with Gasteiger partial charge in [-0.05, 0) is 38.0 Å². The molecule has 2 heterocycles. The van der Waals surface area contributed by atoms with Gasteiger partial charge in [0.05, 0.1) is 17.4 Å². The van der Waals surface area contributed by atoms with E-state index < -0.39 is 12.3 Å². The predicted octanol–water partition coefficient (Wildman–Crippen LogP) is 4.24. The monoisotopic (exact) mass is 369 g/mol. The molecule has 0 spiro atoms. The maximum atomic E-state index is 12.7. The third-order valence-electron chi connectivity index (χ3n) is 4.40. The molecular formula is C18H18F3NO4. The highest BCUT2D eigenvalue weighted by Crippen LogP contribution is 2.36. The summed E-state index contributed by atoms with van der Waals surface area (Å²) in [6, 6.07) is 7.08. The molecule has 1 atom stereocenters. The van der Waals surface area contributed by atoms with Crippen LogP contribution in [-0.4, -0.2) is 34.7 Å². The predicted molar refractivity (Wildman–Crippen MR) is 87.2 cm³/mol. The molecule has 1 saturated heterocycles. The number of ether oxygens (including phenoxy) is 2. The van der Waals surface area contributed by atoms with E-state index >= 15 is 0 Å². The van der Waals surface area contributed by atoms with Crippen LogP contribution in [-0.2, 0) is 11.3 Å². The van der Waals surface area contributed by atoms with Gasteiger partial charge < -0.3 is 19.1 Å². The zero-order valence-corrected chi connectivity index (χ0v) is 14.0. The Bertz CT molecular complexity index is 807. The van der Waals surface area contributed by atoms with E-state index in [0.717, 1.165) is 12.8 Å². The summed E-state index contributed by atoms with van der Waals surface area (Å²) in [5.74, 6) is -1.51. The minimum absolute atomic E-state index is 0.0415. The zero-order chi connectivity index (χ0) is 18.9. The van der Waals surface area contributed by atoms with Crippen LogP contribution in [0.3, 0.4) is 0 Å². The number of hydrogen-bond donors (Lipinski definition) is 1. The fraction of sp³-hybridized carbons (Fsp3) is 0.389. The summed E-state index contributed by atoms with van der Waals surface area (Å²) < 4.78 is 49.6. The molecule has 1 aliphatic rings. The molecule has 3 rings (SSSR count). The van der Waals surface area contributed by atoms with Crippen molar-refractivity contribution in [3.05, 3.63) is 41.6 Å². The number of carbonyl (C=O) groups is 1. The van der Waals surface area contributed by atoms with Gasteiger partial charge in [0.2, 0.25) is 0 Å². The number of carboxylic acid groups (broad SMARTS) is 1. The number of para-hydroxylation sites is 1. The molecule has 0 saturated carbocycles. The van der Waals surface area contributed by atoms with Gasteiger partial charge in [-0.25, -0.2) is 4.79 Å². The quantitative estimate of drug-likeness (QED) is 0.856. The first-order chi connectivity index (χ1) is 12.3. The zero-order valence-electron chi connectivity index (χ0n) is 14.0. The van der Waals surface area contributed by atoms with Crippen LogP contribution < -0.4 is 4.74 Å². The average Bonchev–Trinajstić information content (AvgIpc) is 3.16. The average molecular weight is 369 g/mol. The van der Waals surface area contributed by atoms with Crippen molar-refractivity contribution in [1.82, 2.24) is 4.57 Å². The second-order valence-electron chi connectivity index (χ2n) is 6.12. The minimum atomic E-state index is -4.84. The van der Waals surface area contributed by atoms with E-state index in [9.17, 15) is 23.1 Å². The van der Waals surface area contributed by atoms with Crippen molar-refractivity contribution in [2.45, 2.75) is 38.8 Å². The van der Waals surface area contributed by atoms with E-state index in [0.29, 0.717) is 24.5 Å². The minimum Gasteiger partial charge on any atom is -0.478 e. The highest BCUT2D eigenvalue weighted by Gasteiger charge is 2.33. The van der Waals surface area contributed by atoms with Crippen LogP contribution in [0.5, 0.6) is 5.75 Å². The molecule has 5 nitrogen and oxygen atoms in total. The van der Waals surface area contributed by atoms with Crippen molar-refractivity contribution >= 4 is 5.97 Å². The van der Waals surface area contributed by atoms with E-state index in [1.54, 1.807) is 17.6 Å². The lowest BCUT2D eigenvalue weighted by Gasteiger charge is -2.18. The van der Waals surface area contributed by atoms with E-state index in [4.69, 9.17) is 4.74 Å². The molecule has 0 aliphatic carbocycles. The Kier molecular flexibility index (Phi) is 4.95. The Morgan fingerprint density at radius 3 is 2.73 bits per heavy atom. The summed E-state index contributed by atoms with van der Waals surface area (Å²) in [4.78, 5) is 11.5. The number of hydrogen-bond acceptors (Lipinski definition) is 3. The van der Waals surface area contributed by atoms with Crippen LogP contribution in [0, 0.1) is 6.92 Å². The first-order valence-corrected chi connectivity index (χ1v) is 8.16. The largest absolute Gasteiger partial charge is 0.573 e. The summed E-state index contributed by atoms with van der Waals surface area (Å²) in [6.07, 6.45) is -3.22. The van der Waals surface area contributed by atoms with Gasteiger partial charge in [-0.3, -0.25) is 0 Å². The van der Waals surface area contributed by atoms with Gasteiger partial charge in [0, 0.05) is 24.4 Å². The van der Waals surface area contributed by atoms with Crippen LogP contribution in [0.4, 0.5) is 13.2 Å². The normalized spacial score (nSPS) is 17.5. The summed E-state index contributed by atoms with van der Waals surface area (Å²) in [6.45, 7) is 2.63. The molecule has 8 heteroatoms. The number of aromatic nitrogens is 1. The van der Waals surface area contributed by atoms with Gasteiger partial charge >= 0.3 is 12.3 Å². The molecule has 0 radical (unpaired) electrons. The van der Waals surface area contributed by atoms with Crippen molar-refractivity contribution in [2.75, 3.05) is 6.61 Å². The van der Waals surface area contributed by atoms with Crippen molar-refractivity contribution in [1.29, 1.82) is 0 Å². The van der Waals surface area contributed by atoms with Gasteiger partial charge in [0.25, 0.3) is 0 Å². The van der Waals surface area contributed by atoms with E-state index in [1.165, 1.54) is 24.3 Å². The second kappa shape index (κ2) is 7.03. The first-order valence-electron chi connectivity index (χ1n) is 8.16. The van der Waals surface area contributed by atoms with Gasteiger partial charge in [0.1, 0.15) is 5.75 Å². The van der Waals surface area contributed by atoms with E-state index in [2.05, 4.69) is 4.74 Å². The van der Waals surface area contributed by atoms with E-state index in [-0.39, 0.29) is 23.0 Å². The first kappa shape index (κ1) is 18.3. The van der Waals surface area contributed by atoms with Gasteiger partial charge in [-0.2, -0.15) is 0 Å². The Balaban J connectivity index is 2.09. The Morgan fingerprint density at radius 1 is 1.38 bits per heavy atom.